The van der Waals surface area contributed by atoms with Gasteiger partial charge in [0.15, 0.2) is 0 Å². The predicted molar refractivity (Wildman–Crippen MR) is 101 cm³/mol. The highest BCUT2D eigenvalue weighted by molar-refractivity contribution is 14.1. The maximum absolute atomic E-state index is 2.37. The summed E-state index contributed by atoms with van der Waals surface area (Å²) in [5, 5.41) is 0. The number of hydrogen-bond acceptors (Lipinski definition) is 0. The first kappa shape index (κ1) is 18.5. The van der Waals surface area contributed by atoms with Gasteiger partial charge in [-0.05, 0) is 97.3 Å². The monoisotopic (exact) mass is 642 g/mol. The third kappa shape index (κ3) is 7.42. The van der Waals surface area contributed by atoms with Crippen LogP contribution in [-0.2, 0) is 0 Å². The maximum Gasteiger partial charge on any atom is 0.0293 e. The fraction of sp³-hybridized carbons (Fsp3) is 0.400. The van der Waals surface area contributed by atoms with Crippen molar-refractivity contribution in [1.82, 2.24) is 0 Å². The Kier molecular flexibility index (Phi) is 15.4. The minimum Gasteiger partial charge on any atom is -0.0901 e. The first-order valence-corrected chi connectivity index (χ1v) is 9.49. The third-order valence-corrected chi connectivity index (χ3v) is 5.11. The van der Waals surface area contributed by atoms with Crippen molar-refractivity contribution < 1.29 is 0 Å². The zero-order chi connectivity index (χ0) is 11.7. The Morgan fingerprint density at radius 3 is 1.71 bits per heavy atom. The van der Waals surface area contributed by atoms with Crippen molar-refractivity contribution in [3.8, 4) is 0 Å². The predicted octanol–water partition coefficient (Wildman–Crippen LogP) is 5.89. The van der Waals surface area contributed by atoms with Crippen LogP contribution in [0, 0.1) is 17.6 Å². The Morgan fingerprint density at radius 1 is 0.929 bits per heavy atom. The molecule has 1 rings (SSSR count). The molecule has 0 aliphatic carbocycles. The van der Waals surface area contributed by atoms with Crippen molar-refractivity contribution in [2.24, 2.45) is 0 Å². The molecule has 4 heteroatoms. The highest BCUT2D eigenvalue weighted by atomic mass is 127. The van der Waals surface area contributed by atoms with Crippen molar-refractivity contribution in [2.75, 3.05) is 4.93 Å². The van der Waals surface area contributed by atoms with E-state index in [1.165, 1.54) is 16.3 Å². The van der Waals surface area contributed by atoms with E-state index in [1.54, 1.807) is 0 Å². The van der Waals surface area contributed by atoms with Gasteiger partial charge in [-0.1, -0.05) is 36.4 Å². The molecule has 0 spiro atoms. The van der Waals surface area contributed by atoms with Crippen molar-refractivity contribution in [3.05, 3.63) is 28.4 Å². The van der Waals surface area contributed by atoms with Crippen LogP contribution in [0.25, 0.3) is 0 Å². The molecular formula is C10H14I4. The molecule has 0 aromatic heterocycles. The summed E-state index contributed by atoms with van der Waals surface area (Å²) in [5.74, 6) is 0. The zero-order valence-electron chi connectivity index (χ0n) is 8.67. The van der Waals surface area contributed by atoms with Crippen molar-refractivity contribution >= 4 is 90.4 Å². The average molecular weight is 642 g/mol. The summed E-state index contributed by atoms with van der Waals surface area (Å²) in [6.07, 6.45) is 0. The van der Waals surface area contributed by atoms with Crippen LogP contribution in [-0.4, -0.2) is 4.93 Å². The molecule has 0 nitrogen and oxygen atoms in total. The molecule has 1 aromatic rings. The second kappa shape index (κ2) is 11.6. The molecule has 0 saturated heterocycles. The SMILES string of the molecule is CC.CI.Cc1cc(I)cc(I)c1I. The van der Waals surface area contributed by atoms with Gasteiger partial charge in [0.1, 0.15) is 0 Å². The van der Waals surface area contributed by atoms with E-state index in [0.29, 0.717) is 0 Å². The standard InChI is InChI=1S/C7H5I3.C2H6.CH3I/c1-4-2-5(8)3-6(9)7(4)10;2*1-2/h2-3H,1H3;1-2H3;1H3. The van der Waals surface area contributed by atoms with Gasteiger partial charge in [0.2, 0.25) is 0 Å². The Balaban J connectivity index is 0. The van der Waals surface area contributed by atoms with Crippen molar-refractivity contribution in [3.63, 3.8) is 0 Å². The van der Waals surface area contributed by atoms with Crippen LogP contribution >= 0.6 is 90.4 Å². The molecule has 0 bridgehead atoms. The Bertz CT molecular complexity index is 235. The smallest absolute Gasteiger partial charge is 0.0293 e. The van der Waals surface area contributed by atoms with Crippen LogP contribution in [0.1, 0.15) is 19.4 Å². The number of hydrogen-bond donors (Lipinski definition) is 0. The van der Waals surface area contributed by atoms with Gasteiger partial charge < -0.3 is 0 Å². The molecule has 82 valence electrons. The number of aryl methyl sites for hydroxylation is 1. The van der Waals surface area contributed by atoms with E-state index in [1.807, 2.05) is 18.8 Å². The molecule has 0 aliphatic heterocycles. The van der Waals surface area contributed by atoms with E-state index in [-0.39, 0.29) is 0 Å². The average Bonchev–Trinajstić information content (AvgIpc) is 2.20. The van der Waals surface area contributed by atoms with E-state index in [9.17, 15) is 0 Å². The number of halogens is 4. The van der Waals surface area contributed by atoms with Gasteiger partial charge in [-0.2, -0.15) is 0 Å². The summed E-state index contributed by atoms with van der Waals surface area (Å²) in [5.41, 5.74) is 1.37. The van der Waals surface area contributed by atoms with Crippen LogP contribution in [0.5, 0.6) is 0 Å². The Morgan fingerprint density at radius 2 is 1.36 bits per heavy atom. The van der Waals surface area contributed by atoms with E-state index < -0.39 is 0 Å². The van der Waals surface area contributed by atoms with Gasteiger partial charge in [0, 0.05) is 10.7 Å². The van der Waals surface area contributed by atoms with Crippen LogP contribution in [0.3, 0.4) is 0 Å². The van der Waals surface area contributed by atoms with E-state index in [2.05, 4.69) is 109 Å². The second-order valence-electron chi connectivity index (χ2n) is 2.02. The molecule has 0 unspecified atom stereocenters. The topological polar surface area (TPSA) is 0 Å². The van der Waals surface area contributed by atoms with Crippen molar-refractivity contribution in [2.45, 2.75) is 20.8 Å². The lowest BCUT2D eigenvalue weighted by Crippen LogP contribution is -1.86. The fourth-order valence-electron chi connectivity index (χ4n) is 0.685. The molecule has 0 amide bonds. The van der Waals surface area contributed by atoms with E-state index in [4.69, 9.17) is 0 Å². The molecule has 1 aromatic carbocycles. The first-order valence-electron chi connectivity index (χ1n) is 4.10. The van der Waals surface area contributed by atoms with E-state index >= 15 is 0 Å². The number of rotatable bonds is 0. The van der Waals surface area contributed by atoms with Gasteiger partial charge in [0.05, 0.1) is 0 Å². The quantitative estimate of drug-likeness (QED) is 0.189. The highest BCUT2D eigenvalue weighted by Gasteiger charge is 1.99. The molecule has 0 N–H and O–H groups in total. The van der Waals surface area contributed by atoms with Gasteiger partial charge in [0.25, 0.3) is 0 Å². The number of benzene rings is 1. The maximum atomic E-state index is 2.37. The normalized spacial score (nSPS) is 8.00. The lowest BCUT2D eigenvalue weighted by Gasteiger charge is -2.00. The Labute approximate surface area is 142 Å². The van der Waals surface area contributed by atoms with Crippen molar-refractivity contribution in [1.29, 1.82) is 0 Å². The molecule has 14 heavy (non-hydrogen) atoms. The third-order valence-electron chi connectivity index (χ3n) is 1.17. The van der Waals surface area contributed by atoms with Gasteiger partial charge in [-0.15, -0.1) is 0 Å². The van der Waals surface area contributed by atoms with E-state index in [0.717, 1.165) is 0 Å². The molecule has 0 saturated carbocycles. The molecule has 0 atom stereocenters. The largest absolute Gasteiger partial charge is 0.0901 e. The lowest BCUT2D eigenvalue weighted by molar-refractivity contribution is 1.38. The minimum atomic E-state index is 1.32. The molecular weight excluding hydrogens is 628 g/mol. The summed E-state index contributed by atoms with van der Waals surface area (Å²) >= 11 is 9.23. The zero-order valence-corrected chi connectivity index (χ0v) is 17.3. The van der Waals surface area contributed by atoms with Gasteiger partial charge >= 0.3 is 0 Å². The van der Waals surface area contributed by atoms with Gasteiger partial charge in [-0.25, -0.2) is 0 Å². The summed E-state index contributed by atoms with van der Waals surface area (Å²) in [7, 11) is 0. The number of alkyl halides is 1. The Hall–Kier alpha value is 2.14. The second-order valence-corrected chi connectivity index (χ2v) is 5.51. The molecule has 0 radical (unpaired) electrons. The molecule has 0 fully saturated rings. The fourth-order valence-corrected chi connectivity index (χ4v) is 3.13. The first-order chi connectivity index (χ1) is 6.61. The van der Waals surface area contributed by atoms with Crippen LogP contribution in [0.4, 0.5) is 0 Å². The molecule has 0 heterocycles. The summed E-state index contributed by atoms with van der Waals surface area (Å²) in [6, 6.07) is 4.39. The lowest BCUT2D eigenvalue weighted by atomic mass is 10.2. The summed E-state index contributed by atoms with van der Waals surface area (Å²) in [6.45, 7) is 6.14. The van der Waals surface area contributed by atoms with Gasteiger partial charge in [-0.3, -0.25) is 0 Å². The highest BCUT2D eigenvalue weighted by Crippen LogP contribution is 2.21. The molecule has 0 aliphatic rings. The summed E-state index contributed by atoms with van der Waals surface area (Å²) in [4.78, 5) is 1.97. The van der Waals surface area contributed by atoms with Crippen LogP contribution < -0.4 is 0 Å². The minimum absolute atomic E-state index is 1.32. The van der Waals surface area contributed by atoms with Crippen LogP contribution in [0.15, 0.2) is 12.1 Å². The summed E-state index contributed by atoms with van der Waals surface area (Å²) < 4.78 is 4.04. The van der Waals surface area contributed by atoms with Crippen LogP contribution in [0.2, 0.25) is 0 Å².